The lowest BCUT2D eigenvalue weighted by Gasteiger charge is -2.15. The Labute approximate surface area is 69.5 Å². The van der Waals surface area contributed by atoms with E-state index in [0.717, 1.165) is 6.42 Å². The first kappa shape index (κ1) is 10.4. The number of hydrogen-bond donors (Lipinski definition) is 0. The first-order valence-electron chi connectivity index (χ1n) is 3.16. The maximum atomic E-state index is 12.5. The van der Waals surface area contributed by atoms with E-state index in [-0.39, 0.29) is 6.42 Å². The second-order valence-corrected chi connectivity index (χ2v) is 3.26. The Hall–Kier alpha value is 0.440. The van der Waals surface area contributed by atoms with Gasteiger partial charge in [0.2, 0.25) is 0 Å². The van der Waals surface area contributed by atoms with E-state index in [9.17, 15) is 8.78 Å². The summed E-state index contributed by atoms with van der Waals surface area (Å²) in [5, 5.41) is 0. The molecule has 0 heterocycles. The molecule has 0 aliphatic heterocycles. The van der Waals surface area contributed by atoms with E-state index in [1.165, 1.54) is 0 Å². The van der Waals surface area contributed by atoms with Crippen molar-refractivity contribution in [2.24, 2.45) is 0 Å². The fraction of sp³-hybridized carbons (Fsp3) is 1.00. The number of unbranched alkanes of at least 4 members (excludes halogenated alkanes) is 1. The number of hydrogen-bond acceptors (Lipinski definition) is 0. The second-order valence-electron chi connectivity index (χ2n) is 2.17. The lowest BCUT2D eigenvalue weighted by Crippen LogP contribution is -2.24. The van der Waals surface area contributed by atoms with Crippen LogP contribution in [-0.2, 0) is 0 Å². The molecule has 0 unspecified atom stereocenters. The van der Waals surface area contributed by atoms with Gasteiger partial charge < -0.3 is 0 Å². The van der Waals surface area contributed by atoms with Gasteiger partial charge in [-0.1, -0.05) is 36.5 Å². The van der Waals surface area contributed by atoms with Crippen molar-refractivity contribution in [2.45, 2.75) is 36.9 Å². The summed E-state index contributed by atoms with van der Waals surface area (Å²) in [6, 6.07) is 0. The molecule has 0 N–H and O–H groups in total. The van der Waals surface area contributed by atoms with Crippen LogP contribution in [0.4, 0.5) is 8.78 Å². The Morgan fingerprint density at radius 2 is 1.90 bits per heavy atom. The minimum atomic E-state index is -2.92. The van der Waals surface area contributed by atoms with Crippen LogP contribution in [0.2, 0.25) is 0 Å². The Morgan fingerprint density at radius 3 is 2.20 bits per heavy atom. The largest absolute Gasteiger partial charge is 0.277 e. The summed E-state index contributed by atoms with van der Waals surface area (Å²) in [6.45, 7) is 1.84. The van der Waals surface area contributed by atoms with Gasteiger partial charge in [-0.3, -0.25) is 0 Å². The SMILES string of the molecule is CCCCC(F)(F)C(Cl)Cl. The van der Waals surface area contributed by atoms with Gasteiger partial charge in [-0.25, -0.2) is 8.78 Å². The zero-order chi connectivity index (χ0) is 8.20. The molecule has 0 saturated carbocycles. The normalized spacial score (nSPS) is 12.6. The zero-order valence-electron chi connectivity index (χ0n) is 5.71. The summed E-state index contributed by atoms with van der Waals surface area (Å²) in [6.07, 6.45) is 0.972. The van der Waals surface area contributed by atoms with Crippen LogP contribution in [0.25, 0.3) is 0 Å². The van der Waals surface area contributed by atoms with Crippen molar-refractivity contribution in [3.05, 3.63) is 0 Å². The van der Waals surface area contributed by atoms with Gasteiger partial charge in [0.15, 0.2) is 4.84 Å². The Morgan fingerprint density at radius 1 is 1.40 bits per heavy atom. The van der Waals surface area contributed by atoms with Crippen LogP contribution in [0.1, 0.15) is 26.2 Å². The van der Waals surface area contributed by atoms with Crippen LogP contribution in [0, 0.1) is 0 Å². The topological polar surface area (TPSA) is 0 Å². The van der Waals surface area contributed by atoms with Crippen LogP contribution in [0.3, 0.4) is 0 Å². The van der Waals surface area contributed by atoms with Crippen LogP contribution in [0.15, 0.2) is 0 Å². The van der Waals surface area contributed by atoms with E-state index in [2.05, 4.69) is 0 Å². The van der Waals surface area contributed by atoms with Gasteiger partial charge in [0, 0.05) is 6.42 Å². The van der Waals surface area contributed by atoms with Gasteiger partial charge in [-0.2, -0.15) is 0 Å². The molecular formula is C6H10Cl2F2. The third-order valence-electron chi connectivity index (χ3n) is 1.18. The molecule has 0 spiro atoms. The van der Waals surface area contributed by atoms with Crippen LogP contribution >= 0.6 is 23.2 Å². The van der Waals surface area contributed by atoms with Crippen LogP contribution in [-0.4, -0.2) is 10.8 Å². The van der Waals surface area contributed by atoms with Gasteiger partial charge >= 0.3 is 0 Å². The van der Waals surface area contributed by atoms with Crippen molar-refractivity contribution >= 4 is 23.2 Å². The summed E-state index contributed by atoms with van der Waals surface area (Å²) in [7, 11) is 0. The van der Waals surface area contributed by atoms with Crippen molar-refractivity contribution in [3.8, 4) is 0 Å². The fourth-order valence-corrected chi connectivity index (χ4v) is 0.740. The molecule has 0 aromatic carbocycles. The average molecular weight is 191 g/mol. The molecule has 0 bridgehead atoms. The van der Waals surface area contributed by atoms with E-state index < -0.39 is 10.8 Å². The van der Waals surface area contributed by atoms with Crippen molar-refractivity contribution in [1.29, 1.82) is 0 Å². The fourth-order valence-electron chi connectivity index (χ4n) is 0.522. The lowest BCUT2D eigenvalue weighted by atomic mass is 10.2. The highest BCUT2D eigenvalue weighted by molar-refractivity contribution is 6.45. The predicted molar refractivity (Wildman–Crippen MR) is 40.0 cm³/mol. The molecule has 0 aromatic rings. The predicted octanol–water partition coefficient (Wildman–Crippen LogP) is 3.62. The maximum absolute atomic E-state index is 12.5. The quantitative estimate of drug-likeness (QED) is 0.595. The van der Waals surface area contributed by atoms with E-state index in [4.69, 9.17) is 23.2 Å². The molecule has 62 valence electrons. The molecular weight excluding hydrogens is 181 g/mol. The van der Waals surface area contributed by atoms with E-state index in [1.54, 1.807) is 0 Å². The molecule has 0 saturated heterocycles. The summed E-state index contributed by atoms with van der Waals surface area (Å²) in [5.74, 6) is -2.92. The number of alkyl halides is 4. The number of halogens is 4. The summed E-state index contributed by atoms with van der Waals surface area (Å²) >= 11 is 10.0. The van der Waals surface area contributed by atoms with Crippen molar-refractivity contribution in [3.63, 3.8) is 0 Å². The van der Waals surface area contributed by atoms with E-state index in [0.29, 0.717) is 6.42 Å². The molecule has 0 nitrogen and oxygen atoms in total. The Bertz CT molecular complexity index is 93.7. The standard InChI is InChI=1S/C6H10Cl2F2/c1-2-3-4-6(9,10)5(7)8/h5H,2-4H2,1H3. The lowest BCUT2D eigenvalue weighted by molar-refractivity contribution is 0.00463. The highest BCUT2D eigenvalue weighted by atomic mass is 35.5. The third kappa shape index (κ3) is 3.57. The maximum Gasteiger partial charge on any atom is 0.277 e. The monoisotopic (exact) mass is 190 g/mol. The third-order valence-corrected chi connectivity index (χ3v) is 1.82. The zero-order valence-corrected chi connectivity index (χ0v) is 7.22. The highest BCUT2D eigenvalue weighted by Crippen LogP contribution is 2.31. The van der Waals surface area contributed by atoms with Crippen molar-refractivity contribution < 1.29 is 8.78 Å². The summed E-state index contributed by atoms with van der Waals surface area (Å²) < 4.78 is 24.9. The molecule has 0 amide bonds. The molecule has 0 aliphatic carbocycles. The van der Waals surface area contributed by atoms with Crippen molar-refractivity contribution in [2.75, 3.05) is 0 Å². The molecule has 4 heteroatoms. The van der Waals surface area contributed by atoms with E-state index in [1.807, 2.05) is 6.92 Å². The van der Waals surface area contributed by atoms with Gasteiger partial charge in [0.05, 0.1) is 0 Å². The molecule has 10 heavy (non-hydrogen) atoms. The molecule has 0 atom stereocenters. The Kier molecular flexibility index (Phi) is 4.54. The highest BCUT2D eigenvalue weighted by Gasteiger charge is 2.35. The molecule has 0 aliphatic rings. The van der Waals surface area contributed by atoms with Gasteiger partial charge in [-0.05, 0) is 6.42 Å². The second kappa shape index (κ2) is 4.35. The minimum Gasteiger partial charge on any atom is -0.204 e. The smallest absolute Gasteiger partial charge is 0.204 e. The van der Waals surface area contributed by atoms with Gasteiger partial charge in [-0.15, -0.1) is 0 Å². The summed E-state index contributed by atoms with van der Waals surface area (Å²) in [5.41, 5.74) is 0. The Balaban J connectivity index is 3.63. The molecule has 0 fully saturated rings. The first-order chi connectivity index (χ1) is 4.50. The van der Waals surface area contributed by atoms with Gasteiger partial charge in [0.1, 0.15) is 0 Å². The van der Waals surface area contributed by atoms with Gasteiger partial charge in [0.25, 0.3) is 5.92 Å². The van der Waals surface area contributed by atoms with E-state index >= 15 is 0 Å². The first-order valence-corrected chi connectivity index (χ1v) is 4.04. The van der Waals surface area contributed by atoms with Crippen LogP contribution in [0.5, 0.6) is 0 Å². The number of rotatable bonds is 4. The minimum absolute atomic E-state index is 0.221. The molecule has 0 rings (SSSR count). The van der Waals surface area contributed by atoms with Crippen LogP contribution < -0.4 is 0 Å². The summed E-state index contributed by atoms with van der Waals surface area (Å²) in [4.78, 5) is -1.57. The average Bonchev–Trinajstić information content (AvgIpc) is 1.84. The molecule has 0 radical (unpaired) electrons. The molecule has 0 aromatic heterocycles. The van der Waals surface area contributed by atoms with Crippen molar-refractivity contribution in [1.82, 2.24) is 0 Å².